The van der Waals surface area contributed by atoms with Crippen molar-refractivity contribution in [1.29, 1.82) is 0 Å². The van der Waals surface area contributed by atoms with Crippen molar-refractivity contribution in [2.24, 2.45) is 0 Å². The second-order valence-corrected chi connectivity index (χ2v) is 10.4. The minimum Gasteiger partial charge on any atom is -0.459 e. The Kier molecular flexibility index (Phi) is 6.57. The number of nitrogens with zero attached hydrogens (tertiary/aromatic N) is 1. The Morgan fingerprint density at radius 1 is 1.09 bits per heavy atom. The molecule has 1 heterocycles. The largest absolute Gasteiger partial charge is 0.459 e. The Morgan fingerprint density at radius 3 is 2.25 bits per heavy atom. The number of fused-ring (bicyclic) bond motifs is 2. The molecule has 1 unspecified atom stereocenters. The van der Waals surface area contributed by atoms with Crippen LogP contribution in [0.1, 0.15) is 68.7 Å². The third-order valence-corrected chi connectivity index (χ3v) is 7.09. The number of rotatable bonds is 6. The molecule has 2 aromatic rings. The summed E-state index contributed by atoms with van der Waals surface area (Å²) >= 11 is 0. The van der Waals surface area contributed by atoms with Crippen molar-refractivity contribution < 1.29 is 9.53 Å². The van der Waals surface area contributed by atoms with Crippen molar-refractivity contribution in [3.63, 3.8) is 0 Å². The molecule has 32 heavy (non-hydrogen) atoms. The third-order valence-electron chi connectivity index (χ3n) is 7.09. The van der Waals surface area contributed by atoms with Gasteiger partial charge in [0.05, 0.1) is 0 Å². The molecular weight excluding hydrogens is 394 g/mol. The lowest BCUT2D eigenvalue weighted by atomic mass is 9.68. The van der Waals surface area contributed by atoms with Gasteiger partial charge in [-0.2, -0.15) is 0 Å². The summed E-state index contributed by atoms with van der Waals surface area (Å²) in [6.45, 7) is 11.8. The van der Waals surface area contributed by atoms with E-state index in [1.807, 2.05) is 20.8 Å². The number of likely N-dealkylation sites (tertiary alicyclic amines) is 1. The number of aryl methyl sites for hydroxylation is 2. The van der Waals surface area contributed by atoms with Gasteiger partial charge in [0.1, 0.15) is 11.6 Å². The van der Waals surface area contributed by atoms with Crippen LogP contribution in [0.15, 0.2) is 61.2 Å². The Balaban J connectivity index is 1.68. The van der Waals surface area contributed by atoms with E-state index in [2.05, 4.69) is 66.1 Å². The molecule has 0 radical (unpaired) electrons. The highest BCUT2D eigenvalue weighted by molar-refractivity contribution is 5.76. The Hall–Kier alpha value is -2.39. The summed E-state index contributed by atoms with van der Waals surface area (Å²) in [6, 6.07) is 17.7. The SMILES string of the molecule is C=CCC1(CCN2CCCC2C(=O)OC(C)(C)C)c2ccccc2CCc2ccccc21. The summed E-state index contributed by atoms with van der Waals surface area (Å²) in [6.07, 6.45) is 8.00. The maximum atomic E-state index is 12.9. The lowest BCUT2D eigenvalue weighted by Crippen LogP contribution is -2.43. The molecule has 1 fully saturated rings. The summed E-state index contributed by atoms with van der Waals surface area (Å²) in [7, 11) is 0. The zero-order valence-corrected chi connectivity index (χ0v) is 19.9. The van der Waals surface area contributed by atoms with E-state index >= 15 is 0 Å². The second kappa shape index (κ2) is 9.23. The van der Waals surface area contributed by atoms with Crippen molar-refractivity contribution in [3.8, 4) is 0 Å². The zero-order chi connectivity index (χ0) is 22.8. The van der Waals surface area contributed by atoms with Gasteiger partial charge < -0.3 is 4.74 Å². The molecule has 0 bridgehead atoms. The Labute approximate surface area is 193 Å². The van der Waals surface area contributed by atoms with Gasteiger partial charge in [-0.15, -0.1) is 6.58 Å². The molecule has 0 N–H and O–H groups in total. The highest BCUT2D eigenvalue weighted by Gasteiger charge is 2.40. The number of carbonyl (C=O) groups excluding carboxylic acids is 1. The van der Waals surface area contributed by atoms with Crippen LogP contribution >= 0.6 is 0 Å². The van der Waals surface area contributed by atoms with Crippen molar-refractivity contribution in [2.45, 2.75) is 76.4 Å². The van der Waals surface area contributed by atoms with E-state index in [9.17, 15) is 4.79 Å². The lowest BCUT2D eigenvalue weighted by molar-refractivity contribution is -0.160. The van der Waals surface area contributed by atoms with Crippen molar-refractivity contribution in [3.05, 3.63) is 83.4 Å². The maximum Gasteiger partial charge on any atom is 0.323 e. The topological polar surface area (TPSA) is 29.5 Å². The number of allylic oxidation sites excluding steroid dienone is 1. The molecule has 3 nitrogen and oxygen atoms in total. The molecule has 0 aromatic heterocycles. The van der Waals surface area contributed by atoms with Crippen LogP contribution in [0.4, 0.5) is 0 Å². The monoisotopic (exact) mass is 431 g/mol. The molecule has 0 spiro atoms. The average Bonchev–Trinajstić information content (AvgIpc) is 3.19. The smallest absolute Gasteiger partial charge is 0.323 e. The second-order valence-electron chi connectivity index (χ2n) is 10.4. The van der Waals surface area contributed by atoms with Gasteiger partial charge in [-0.25, -0.2) is 0 Å². The molecule has 2 aliphatic rings. The molecule has 1 atom stereocenters. The molecule has 2 aromatic carbocycles. The number of ether oxygens (including phenoxy) is 1. The number of benzene rings is 2. The summed E-state index contributed by atoms with van der Waals surface area (Å²) in [5.74, 6) is -0.0746. The van der Waals surface area contributed by atoms with E-state index in [1.54, 1.807) is 0 Å². The predicted octanol–water partition coefficient (Wildman–Crippen LogP) is 5.84. The van der Waals surface area contributed by atoms with Crippen LogP contribution in [-0.4, -0.2) is 35.6 Å². The van der Waals surface area contributed by atoms with E-state index in [0.717, 1.165) is 51.6 Å². The van der Waals surface area contributed by atoms with Crippen LogP contribution in [0.3, 0.4) is 0 Å². The van der Waals surface area contributed by atoms with Crippen molar-refractivity contribution in [1.82, 2.24) is 4.90 Å². The number of hydrogen-bond donors (Lipinski definition) is 0. The lowest BCUT2D eigenvalue weighted by Gasteiger charge is -2.38. The molecule has 4 rings (SSSR count). The molecule has 1 aliphatic heterocycles. The first kappa shape index (κ1) is 22.8. The van der Waals surface area contributed by atoms with Gasteiger partial charge in [-0.05, 0) is 88.1 Å². The quantitative estimate of drug-likeness (QED) is 0.425. The van der Waals surface area contributed by atoms with Crippen molar-refractivity contribution in [2.75, 3.05) is 13.1 Å². The van der Waals surface area contributed by atoms with E-state index < -0.39 is 5.60 Å². The number of hydrogen-bond acceptors (Lipinski definition) is 3. The highest BCUT2D eigenvalue weighted by atomic mass is 16.6. The number of esters is 1. The van der Waals surface area contributed by atoms with Gasteiger partial charge in [0.15, 0.2) is 0 Å². The van der Waals surface area contributed by atoms with Crippen LogP contribution in [0.5, 0.6) is 0 Å². The fraction of sp³-hybridized carbons (Fsp3) is 0.483. The molecule has 3 heteroatoms. The molecule has 1 aliphatic carbocycles. The predicted molar refractivity (Wildman–Crippen MR) is 131 cm³/mol. The van der Waals surface area contributed by atoms with Gasteiger partial charge in [-0.1, -0.05) is 54.6 Å². The van der Waals surface area contributed by atoms with Crippen LogP contribution in [0.25, 0.3) is 0 Å². The van der Waals surface area contributed by atoms with E-state index in [1.165, 1.54) is 22.3 Å². The molecule has 1 saturated heterocycles. The standard InChI is InChI=1S/C29H37NO2/c1-5-18-29(19-21-30-20-10-15-26(30)27(31)32-28(2,3)4)24-13-8-6-11-22(24)16-17-23-12-7-9-14-25(23)29/h5-9,11-14,26H,1,10,15-21H2,2-4H3. The van der Waals surface area contributed by atoms with Crippen molar-refractivity contribution >= 4 is 5.97 Å². The maximum absolute atomic E-state index is 12.9. The van der Waals surface area contributed by atoms with Crippen LogP contribution in [0, 0.1) is 0 Å². The van der Waals surface area contributed by atoms with E-state index in [-0.39, 0.29) is 17.4 Å². The van der Waals surface area contributed by atoms with Crippen LogP contribution in [-0.2, 0) is 27.8 Å². The fourth-order valence-electron chi connectivity index (χ4n) is 5.73. The summed E-state index contributed by atoms with van der Waals surface area (Å²) in [5, 5.41) is 0. The van der Waals surface area contributed by atoms with Crippen LogP contribution in [0.2, 0.25) is 0 Å². The highest BCUT2D eigenvalue weighted by Crippen LogP contribution is 2.45. The Bertz CT molecular complexity index is 924. The molecule has 0 saturated carbocycles. The Morgan fingerprint density at radius 2 is 1.69 bits per heavy atom. The first-order valence-corrected chi connectivity index (χ1v) is 12.1. The first-order chi connectivity index (χ1) is 15.3. The minimum absolute atomic E-state index is 0.0746. The summed E-state index contributed by atoms with van der Waals surface area (Å²) in [4.78, 5) is 15.3. The summed E-state index contributed by atoms with van der Waals surface area (Å²) in [5.41, 5.74) is 5.17. The number of carbonyl (C=O) groups is 1. The van der Waals surface area contributed by atoms with Gasteiger partial charge in [0, 0.05) is 12.0 Å². The minimum atomic E-state index is -0.450. The van der Waals surface area contributed by atoms with Gasteiger partial charge in [-0.3, -0.25) is 9.69 Å². The third kappa shape index (κ3) is 4.54. The van der Waals surface area contributed by atoms with Gasteiger partial charge >= 0.3 is 5.97 Å². The van der Waals surface area contributed by atoms with E-state index in [4.69, 9.17) is 4.74 Å². The van der Waals surface area contributed by atoms with Crippen LogP contribution < -0.4 is 0 Å². The molecular formula is C29H37NO2. The first-order valence-electron chi connectivity index (χ1n) is 12.1. The molecule has 170 valence electrons. The normalized spacial score (nSPS) is 20.2. The average molecular weight is 432 g/mol. The van der Waals surface area contributed by atoms with E-state index in [0.29, 0.717) is 0 Å². The van der Waals surface area contributed by atoms with Gasteiger partial charge in [0.25, 0.3) is 0 Å². The molecule has 0 amide bonds. The fourth-order valence-corrected chi connectivity index (χ4v) is 5.73. The zero-order valence-electron chi connectivity index (χ0n) is 19.9. The summed E-state index contributed by atoms with van der Waals surface area (Å²) < 4.78 is 5.75. The van der Waals surface area contributed by atoms with Gasteiger partial charge in [0.2, 0.25) is 0 Å².